The van der Waals surface area contributed by atoms with Crippen LogP contribution in [0, 0.1) is 5.92 Å². The molecule has 0 spiro atoms. The molecule has 0 aliphatic heterocycles. The van der Waals surface area contributed by atoms with Gasteiger partial charge in [0.15, 0.2) is 0 Å². The summed E-state index contributed by atoms with van der Waals surface area (Å²) >= 11 is 2.21. The van der Waals surface area contributed by atoms with Crippen LogP contribution in [-0.4, -0.2) is 5.91 Å². The van der Waals surface area contributed by atoms with E-state index in [9.17, 15) is 4.79 Å². The van der Waals surface area contributed by atoms with E-state index < -0.39 is 0 Å². The Morgan fingerprint density at radius 1 is 1.80 bits per heavy atom. The third kappa shape index (κ3) is 1.83. The molecule has 3 heteroatoms. The van der Waals surface area contributed by atoms with Gasteiger partial charge >= 0.3 is 0 Å². The van der Waals surface area contributed by atoms with Gasteiger partial charge in [-0.1, -0.05) is 18.2 Å². The Bertz CT molecular complexity index is 208. The Kier molecular flexibility index (Phi) is 2.48. The second-order valence-corrected chi connectivity index (χ2v) is 3.60. The van der Waals surface area contributed by atoms with E-state index in [1.807, 2.05) is 18.2 Å². The first-order valence-corrected chi connectivity index (χ1v) is 4.10. The number of nitrogens with two attached hydrogens (primary N) is 1. The Balaban J connectivity index is 2.64. The number of primary amides is 1. The molecule has 54 valence electrons. The number of allylic oxidation sites excluding steroid dienone is 3. The van der Waals surface area contributed by atoms with E-state index in [2.05, 4.69) is 22.6 Å². The van der Waals surface area contributed by atoms with Crippen LogP contribution in [0.5, 0.6) is 0 Å². The highest BCUT2D eigenvalue weighted by Crippen LogP contribution is 2.22. The average molecular weight is 249 g/mol. The molecule has 10 heavy (non-hydrogen) atoms. The van der Waals surface area contributed by atoms with E-state index in [-0.39, 0.29) is 11.8 Å². The minimum absolute atomic E-state index is 0.0862. The van der Waals surface area contributed by atoms with Crippen LogP contribution in [0.15, 0.2) is 21.8 Å². The van der Waals surface area contributed by atoms with Crippen molar-refractivity contribution in [1.82, 2.24) is 0 Å². The zero-order valence-electron chi connectivity index (χ0n) is 5.38. The maximum atomic E-state index is 10.6. The third-order valence-electron chi connectivity index (χ3n) is 1.40. The largest absolute Gasteiger partial charge is 0.369 e. The van der Waals surface area contributed by atoms with E-state index in [0.29, 0.717) is 0 Å². The van der Waals surface area contributed by atoms with Crippen LogP contribution in [0.3, 0.4) is 0 Å². The minimum atomic E-state index is -0.237. The zero-order valence-corrected chi connectivity index (χ0v) is 7.54. The van der Waals surface area contributed by atoms with Gasteiger partial charge in [-0.3, -0.25) is 4.79 Å². The predicted octanol–water partition coefficient (Wildman–Crippen LogP) is 1.37. The van der Waals surface area contributed by atoms with Gasteiger partial charge in [0.05, 0.1) is 5.92 Å². The van der Waals surface area contributed by atoms with Crippen LogP contribution in [-0.2, 0) is 4.79 Å². The highest BCUT2D eigenvalue weighted by molar-refractivity contribution is 14.1. The van der Waals surface area contributed by atoms with Crippen molar-refractivity contribution in [2.45, 2.75) is 6.42 Å². The van der Waals surface area contributed by atoms with Crippen molar-refractivity contribution < 1.29 is 4.79 Å². The molecular weight excluding hydrogens is 241 g/mol. The number of hydrogen-bond donors (Lipinski definition) is 1. The fraction of sp³-hybridized carbons (Fsp3) is 0.286. The molecule has 2 N–H and O–H groups in total. The quantitative estimate of drug-likeness (QED) is 0.700. The van der Waals surface area contributed by atoms with E-state index >= 15 is 0 Å². The topological polar surface area (TPSA) is 43.1 Å². The van der Waals surface area contributed by atoms with Gasteiger partial charge < -0.3 is 5.73 Å². The monoisotopic (exact) mass is 249 g/mol. The molecule has 0 fully saturated rings. The normalized spacial score (nSPS) is 24.1. The van der Waals surface area contributed by atoms with Crippen LogP contribution < -0.4 is 5.73 Å². The summed E-state index contributed by atoms with van der Waals surface area (Å²) in [5.74, 6) is -0.324. The summed E-state index contributed by atoms with van der Waals surface area (Å²) in [7, 11) is 0. The smallest absolute Gasteiger partial charge is 0.224 e. The van der Waals surface area contributed by atoms with Crippen molar-refractivity contribution in [1.29, 1.82) is 0 Å². The van der Waals surface area contributed by atoms with Crippen molar-refractivity contribution in [3.63, 3.8) is 0 Å². The summed E-state index contributed by atoms with van der Waals surface area (Å²) in [4.78, 5) is 10.6. The summed E-state index contributed by atoms with van der Waals surface area (Å²) < 4.78 is 1.18. The second-order valence-electron chi connectivity index (χ2n) is 2.21. The summed E-state index contributed by atoms with van der Waals surface area (Å²) in [5, 5.41) is 0. The van der Waals surface area contributed by atoms with Gasteiger partial charge in [-0.25, -0.2) is 0 Å². The Morgan fingerprint density at radius 2 is 2.50 bits per heavy atom. The number of carbonyl (C=O) groups excluding carboxylic acids is 1. The van der Waals surface area contributed by atoms with Crippen molar-refractivity contribution in [2.75, 3.05) is 0 Å². The van der Waals surface area contributed by atoms with Crippen molar-refractivity contribution in [2.24, 2.45) is 11.7 Å². The van der Waals surface area contributed by atoms with E-state index in [4.69, 9.17) is 5.73 Å². The molecule has 0 saturated carbocycles. The Labute approximate surface area is 73.3 Å². The number of amides is 1. The van der Waals surface area contributed by atoms with Gasteiger partial charge in [0.25, 0.3) is 0 Å². The second kappa shape index (κ2) is 3.18. The Morgan fingerprint density at radius 3 is 2.90 bits per heavy atom. The van der Waals surface area contributed by atoms with Crippen molar-refractivity contribution in [3.05, 3.63) is 21.8 Å². The molecule has 0 aromatic rings. The SMILES string of the molecule is NC(=O)C1C=CC=C(I)C1. The molecule has 2 nitrogen and oxygen atoms in total. The first-order chi connectivity index (χ1) is 4.70. The summed E-state index contributed by atoms with van der Waals surface area (Å²) in [5.41, 5.74) is 5.11. The fourth-order valence-electron chi connectivity index (χ4n) is 0.836. The number of carbonyl (C=O) groups is 1. The van der Waals surface area contributed by atoms with Crippen LogP contribution in [0.25, 0.3) is 0 Å². The van der Waals surface area contributed by atoms with Crippen molar-refractivity contribution >= 4 is 28.5 Å². The molecule has 1 rings (SSSR count). The fourth-order valence-corrected chi connectivity index (χ4v) is 1.52. The first-order valence-electron chi connectivity index (χ1n) is 3.02. The van der Waals surface area contributed by atoms with Gasteiger partial charge in [-0.15, -0.1) is 0 Å². The van der Waals surface area contributed by atoms with Crippen molar-refractivity contribution in [3.8, 4) is 0 Å². The molecule has 0 aromatic carbocycles. The van der Waals surface area contributed by atoms with Crippen LogP contribution >= 0.6 is 22.6 Å². The molecule has 1 aliphatic rings. The molecule has 0 saturated heterocycles. The van der Waals surface area contributed by atoms with Gasteiger partial charge in [-0.2, -0.15) is 0 Å². The van der Waals surface area contributed by atoms with Gasteiger partial charge in [0, 0.05) is 0 Å². The predicted molar refractivity (Wildman–Crippen MR) is 48.5 cm³/mol. The Hall–Kier alpha value is -0.320. The van der Waals surface area contributed by atoms with Gasteiger partial charge in [0.2, 0.25) is 5.91 Å². The lowest BCUT2D eigenvalue weighted by atomic mass is 10.0. The lowest BCUT2D eigenvalue weighted by Crippen LogP contribution is -2.22. The van der Waals surface area contributed by atoms with Crippen LogP contribution in [0.4, 0.5) is 0 Å². The molecule has 1 unspecified atom stereocenters. The average Bonchev–Trinajstić information content (AvgIpc) is 1.88. The maximum Gasteiger partial charge on any atom is 0.224 e. The van der Waals surface area contributed by atoms with E-state index in [0.717, 1.165) is 6.42 Å². The van der Waals surface area contributed by atoms with Crippen LogP contribution in [0.1, 0.15) is 6.42 Å². The molecule has 1 atom stereocenters. The van der Waals surface area contributed by atoms with E-state index in [1.54, 1.807) is 0 Å². The highest BCUT2D eigenvalue weighted by atomic mass is 127. The van der Waals surface area contributed by atoms with Crippen LogP contribution in [0.2, 0.25) is 0 Å². The number of hydrogen-bond acceptors (Lipinski definition) is 1. The maximum absolute atomic E-state index is 10.6. The molecule has 1 aliphatic carbocycles. The molecule has 0 aromatic heterocycles. The molecule has 1 amide bonds. The molecule has 0 heterocycles. The summed E-state index contributed by atoms with van der Waals surface area (Å²) in [6.45, 7) is 0. The first kappa shape index (κ1) is 7.78. The van der Waals surface area contributed by atoms with E-state index in [1.165, 1.54) is 3.58 Å². The standard InChI is InChI=1S/C7H8INO/c8-6-3-1-2-5(4-6)7(9)10/h1-3,5H,4H2,(H2,9,10). The molecule has 0 radical (unpaired) electrons. The zero-order chi connectivity index (χ0) is 7.56. The molecule has 0 bridgehead atoms. The molecular formula is C7H8INO. The lowest BCUT2D eigenvalue weighted by Gasteiger charge is -2.10. The highest BCUT2D eigenvalue weighted by Gasteiger charge is 2.14. The third-order valence-corrected chi connectivity index (χ3v) is 2.20. The lowest BCUT2D eigenvalue weighted by molar-refractivity contribution is -0.120. The van der Waals surface area contributed by atoms with Gasteiger partial charge in [-0.05, 0) is 32.6 Å². The number of rotatable bonds is 1. The minimum Gasteiger partial charge on any atom is -0.369 e. The summed E-state index contributed by atoms with van der Waals surface area (Å²) in [6, 6.07) is 0. The van der Waals surface area contributed by atoms with Gasteiger partial charge in [0.1, 0.15) is 0 Å². The number of halogens is 1. The summed E-state index contributed by atoms with van der Waals surface area (Å²) in [6.07, 6.45) is 6.47.